The van der Waals surface area contributed by atoms with Gasteiger partial charge in [-0.3, -0.25) is 4.52 Å². The quantitative estimate of drug-likeness (QED) is 0.730. The van der Waals surface area contributed by atoms with E-state index in [9.17, 15) is 9.67 Å². The van der Waals surface area contributed by atoms with Crippen LogP contribution < -0.4 is 0 Å². The van der Waals surface area contributed by atoms with E-state index < -0.39 is 7.82 Å². The molecule has 5 nitrogen and oxygen atoms in total. The Hall–Kier alpha value is -1.39. The highest BCUT2D eigenvalue weighted by Gasteiger charge is 2.14. The highest BCUT2D eigenvalue weighted by molar-refractivity contribution is 7.46. The second-order valence-electron chi connectivity index (χ2n) is 3.59. The molecular formula is C11H11O5P. The number of benzene rings is 2. The predicted octanol–water partition coefficient (Wildman–Crippen LogP) is 2.15. The first-order valence-corrected chi connectivity index (χ1v) is 6.39. The first-order chi connectivity index (χ1) is 7.96. The number of rotatable bonds is 3. The lowest BCUT2D eigenvalue weighted by Gasteiger charge is -2.08. The molecule has 0 aliphatic rings. The zero-order valence-electron chi connectivity index (χ0n) is 8.78. The fourth-order valence-corrected chi connectivity index (χ4v) is 1.92. The van der Waals surface area contributed by atoms with Gasteiger partial charge in [-0.05, 0) is 28.5 Å². The minimum Gasteiger partial charge on any atom is -0.508 e. The number of phosphoric acid groups is 1. The lowest BCUT2D eigenvalue weighted by atomic mass is 10.1. The van der Waals surface area contributed by atoms with Crippen molar-refractivity contribution in [1.82, 2.24) is 0 Å². The molecule has 0 fully saturated rings. The minimum atomic E-state index is -4.47. The Balaban J connectivity index is 2.38. The molecule has 0 heterocycles. The number of fused-ring (bicyclic) bond motifs is 1. The van der Waals surface area contributed by atoms with Crippen molar-refractivity contribution < 1.29 is 24.0 Å². The summed E-state index contributed by atoms with van der Waals surface area (Å²) in [7, 11) is -4.47. The third kappa shape index (κ3) is 3.05. The summed E-state index contributed by atoms with van der Waals surface area (Å²) in [4.78, 5) is 17.3. The van der Waals surface area contributed by atoms with E-state index in [0.29, 0.717) is 5.56 Å². The van der Waals surface area contributed by atoms with Crippen LogP contribution in [-0.2, 0) is 15.7 Å². The summed E-state index contributed by atoms with van der Waals surface area (Å²) in [5, 5.41) is 10.9. The van der Waals surface area contributed by atoms with Crippen molar-refractivity contribution in [2.24, 2.45) is 0 Å². The molecule has 0 spiro atoms. The van der Waals surface area contributed by atoms with Gasteiger partial charge in [-0.2, -0.15) is 0 Å². The largest absolute Gasteiger partial charge is 0.508 e. The van der Waals surface area contributed by atoms with E-state index in [1.165, 1.54) is 6.07 Å². The summed E-state index contributed by atoms with van der Waals surface area (Å²) in [6.07, 6.45) is 0. The van der Waals surface area contributed by atoms with Gasteiger partial charge in [-0.1, -0.05) is 24.3 Å². The highest BCUT2D eigenvalue weighted by Crippen LogP contribution is 2.37. The molecule has 0 unspecified atom stereocenters. The van der Waals surface area contributed by atoms with Crippen LogP contribution in [0.5, 0.6) is 5.75 Å². The molecule has 2 aromatic carbocycles. The molecule has 0 radical (unpaired) electrons. The van der Waals surface area contributed by atoms with E-state index in [2.05, 4.69) is 4.52 Å². The zero-order valence-corrected chi connectivity index (χ0v) is 9.67. The molecule has 0 aliphatic carbocycles. The summed E-state index contributed by atoms with van der Waals surface area (Å²) in [6.45, 7) is -0.174. The SMILES string of the molecule is O=P(O)(O)OCc1cccc2cc(O)ccc12. The maximum atomic E-state index is 10.6. The molecule has 90 valence electrons. The van der Waals surface area contributed by atoms with Crippen LogP contribution in [0.15, 0.2) is 36.4 Å². The maximum Gasteiger partial charge on any atom is 0.469 e. The van der Waals surface area contributed by atoms with Crippen LogP contribution in [0.1, 0.15) is 5.56 Å². The third-order valence-corrected chi connectivity index (χ3v) is 2.81. The lowest BCUT2D eigenvalue weighted by Crippen LogP contribution is -1.92. The van der Waals surface area contributed by atoms with Crippen LogP contribution >= 0.6 is 7.82 Å². The van der Waals surface area contributed by atoms with Gasteiger partial charge in [0.15, 0.2) is 0 Å². The zero-order chi connectivity index (χ0) is 12.5. The number of phosphoric ester groups is 1. The highest BCUT2D eigenvalue weighted by atomic mass is 31.2. The van der Waals surface area contributed by atoms with Crippen molar-refractivity contribution in [1.29, 1.82) is 0 Å². The van der Waals surface area contributed by atoms with Gasteiger partial charge in [-0.25, -0.2) is 4.57 Å². The third-order valence-electron chi connectivity index (χ3n) is 2.34. The van der Waals surface area contributed by atoms with Crippen LogP contribution in [0.25, 0.3) is 10.8 Å². The number of phenols is 1. The van der Waals surface area contributed by atoms with Gasteiger partial charge in [0.25, 0.3) is 0 Å². The van der Waals surface area contributed by atoms with Crippen molar-refractivity contribution in [3.05, 3.63) is 42.0 Å². The molecule has 0 saturated carbocycles. The van der Waals surface area contributed by atoms with Crippen molar-refractivity contribution in [2.75, 3.05) is 0 Å². The van der Waals surface area contributed by atoms with Crippen molar-refractivity contribution >= 4 is 18.6 Å². The summed E-state index contributed by atoms with van der Waals surface area (Å²) in [5.41, 5.74) is 0.658. The molecule has 0 aromatic heterocycles. The van der Waals surface area contributed by atoms with Crippen molar-refractivity contribution in [2.45, 2.75) is 6.61 Å². The number of hydrogen-bond donors (Lipinski definition) is 3. The molecule has 0 amide bonds. The number of hydrogen-bond acceptors (Lipinski definition) is 3. The smallest absolute Gasteiger partial charge is 0.469 e. The van der Waals surface area contributed by atoms with Gasteiger partial charge in [0.05, 0.1) is 6.61 Å². The van der Waals surface area contributed by atoms with Gasteiger partial charge in [0.2, 0.25) is 0 Å². The average molecular weight is 254 g/mol. The predicted molar refractivity (Wildman–Crippen MR) is 62.4 cm³/mol. The van der Waals surface area contributed by atoms with Crippen molar-refractivity contribution in [3.8, 4) is 5.75 Å². The van der Waals surface area contributed by atoms with Gasteiger partial charge < -0.3 is 14.9 Å². The normalized spacial score (nSPS) is 11.9. The van der Waals surface area contributed by atoms with E-state index in [0.717, 1.165) is 10.8 Å². The Bertz CT molecular complexity index is 589. The fraction of sp³-hybridized carbons (Fsp3) is 0.0909. The maximum absolute atomic E-state index is 10.6. The standard InChI is InChI=1S/C11H11O5P/c12-10-4-5-11-8(6-10)2-1-3-9(11)7-16-17(13,14)15/h1-6,12H,7H2,(H2,13,14,15). The first-order valence-electron chi connectivity index (χ1n) is 4.86. The Morgan fingerprint density at radius 1 is 1.18 bits per heavy atom. The molecule has 6 heteroatoms. The molecule has 3 N–H and O–H groups in total. The van der Waals surface area contributed by atoms with E-state index in [1.54, 1.807) is 30.3 Å². The van der Waals surface area contributed by atoms with Crippen LogP contribution in [-0.4, -0.2) is 14.9 Å². The Morgan fingerprint density at radius 3 is 2.65 bits per heavy atom. The Morgan fingerprint density at radius 2 is 1.94 bits per heavy atom. The molecule has 0 aliphatic heterocycles. The van der Waals surface area contributed by atoms with Gasteiger partial charge in [0, 0.05) is 0 Å². The monoisotopic (exact) mass is 254 g/mol. The Labute approximate surface area is 97.5 Å². The summed E-state index contributed by atoms with van der Waals surface area (Å²) in [6, 6.07) is 10.0. The first kappa shape index (κ1) is 12.1. The van der Waals surface area contributed by atoms with Crippen LogP contribution in [0, 0.1) is 0 Å². The molecule has 0 bridgehead atoms. The van der Waals surface area contributed by atoms with E-state index in [-0.39, 0.29) is 12.4 Å². The Kier molecular flexibility index (Phi) is 3.17. The van der Waals surface area contributed by atoms with Gasteiger partial charge >= 0.3 is 7.82 Å². The second-order valence-corrected chi connectivity index (χ2v) is 4.83. The fourth-order valence-electron chi connectivity index (χ4n) is 1.62. The molecule has 0 saturated heterocycles. The molecular weight excluding hydrogens is 243 g/mol. The molecule has 0 atom stereocenters. The lowest BCUT2D eigenvalue weighted by molar-refractivity contribution is 0.189. The number of phenolic OH excluding ortho intramolecular Hbond substituents is 1. The summed E-state index contributed by atoms with van der Waals surface area (Å²) >= 11 is 0. The molecule has 2 aromatic rings. The average Bonchev–Trinajstić information content (AvgIpc) is 2.24. The molecule has 2 rings (SSSR count). The molecule has 17 heavy (non-hydrogen) atoms. The second kappa shape index (κ2) is 4.47. The van der Waals surface area contributed by atoms with E-state index in [1.807, 2.05) is 0 Å². The van der Waals surface area contributed by atoms with Gasteiger partial charge in [-0.15, -0.1) is 0 Å². The summed E-state index contributed by atoms with van der Waals surface area (Å²) in [5.74, 6) is 0.144. The topological polar surface area (TPSA) is 87.0 Å². The van der Waals surface area contributed by atoms with E-state index >= 15 is 0 Å². The van der Waals surface area contributed by atoms with Crippen LogP contribution in [0.4, 0.5) is 0 Å². The summed E-state index contributed by atoms with van der Waals surface area (Å²) < 4.78 is 15.1. The number of aromatic hydroxyl groups is 1. The van der Waals surface area contributed by atoms with Crippen molar-refractivity contribution in [3.63, 3.8) is 0 Å². The van der Waals surface area contributed by atoms with Gasteiger partial charge in [0.1, 0.15) is 5.75 Å². The van der Waals surface area contributed by atoms with E-state index in [4.69, 9.17) is 9.79 Å². The minimum absolute atomic E-state index is 0.144. The van der Waals surface area contributed by atoms with Crippen LogP contribution in [0.2, 0.25) is 0 Å². The van der Waals surface area contributed by atoms with Crippen LogP contribution in [0.3, 0.4) is 0 Å².